The van der Waals surface area contributed by atoms with E-state index in [1.54, 1.807) is 6.08 Å². The maximum Gasteiger partial charge on any atom is 0.305 e. The van der Waals surface area contributed by atoms with E-state index in [-0.39, 0.29) is 18.5 Å². The molecule has 464 valence electrons. The standard InChI is InChI=1S/C73H137NO5/c1-3-5-7-9-11-13-15-17-18-19-20-21-22-24-27-30-33-36-39-42-45-49-53-57-61-65-71(76)70(69-75)74-72(77)66-62-58-54-50-46-43-40-37-34-31-28-25-23-26-29-32-35-38-41-44-48-52-56-60-64-68-79-73(78)67-63-59-55-51-47-16-14-12-10-8-6-4-2/h12,14,25-26,28-29,61,65,70-71,75-76H,3-11,13,15-24,27,30-60,62-64,66-69H2,1-2H3,(H,74,77)/b14-12-,28-25-,29-26-,65-61+. The fraction of sp³-hybridized carbons (Fsp3) is 0.863. The molecular formula is C73H137NO5. The summed E-state index contributed by atoms with van der Waals surface area (Å²) in [5, 5.41) is 23.3. The van der Waals surface area contributed by atoms with Crippen LogP contribution in [0.3, 0.4) is 0 Å². The van der Waals surface area contributed by atoms with E-state index in [0.29, 0.717) is 19.4 Å². The van der Waals surface area contributed by atoms with Gasteiger partial charge in [-0.3, -0.25) is 9.59 Å². The number of amides is 1. The van der Waals surface area contributed by atoms with Crippen LogP contribution in [-0.2, 0) is 14.3 Å². The molecule has 0 aliphatic carbocycles. The number of unbranched alkanes of at least 4 members (excludes halogenated alkanes) is 49. The van der Waals surface area contributed by atoms with Crippen LogP contribution in [0, 0.1) is 0 Å². The van der Waals surface area contributed by atoms with Crippen LogP contribution in [0.4, 0.5) is 0 Å². The molecule has 0 aromatic heterocycles. The molecule has 0 rings (SSSR count). The Balaban J connectivity index is 3.47. The van der Waals surface area contributed by atoms with Gasteiger partial charge in [0.15, 0.2) is 0 Å². The summed E-state index contributed by atoms with van der Waals surface area (Å²) in [6.07, 6.45) is 89.0. The van der Waals surface area contributed by atoms with Crippen LogP contribution < -0.4 is 5.32 Å². The predicted octanol–water partition coefficient (Wildman–Crippen LogP) is 22.9. The number of hydrogen-bond acceptors (Lipinski definition) is 5. The lowest BCUT2D eigenvalue weighted by molar-refractivity contribution is -0.143. The molecule has 0 aliphatic heterocycles. The van der Waals surface area contributed by atoms with Crippen LogP contribution in [0.15, 0.2) is 48.6 Å². The van der Waals surface area contributed by atoms with Crippen LogP contribution in [0.1, 0.15) is 380 Å². The summed E-state index contributed by atoms with van der Waals surface area (Å²) in [7, 11) is 0. The molecule has 2 atom stereocenters. The second kappa shape index (κ2) is 68.3. The van der Waals surface area contributed by atoms with Gasteiger partial charge in [0.05, 0.1) is 25.4 Å². The van der Waals surface area contributed by atoms with Crippen molar-refractivity contribution in [1.82, 2.24) is 5.32 Å². The van der Waals surface area contributed by atoms with Gasteiger partial charge in [-0.1, -0.05) is 326 Å². The molecule has 0 saturated heterocycles. The molecule has 0 heterocycles. The Hall–Kier alpha value is -2.18. The summed E-state index contributed by atoms with van der Waals surface area (Å²) in [5.74, 6) is -0.0721. The van der Waals surface area contributed by atoms with E-state index in [1.165, 1.54) is 302 Å². The van der Waals surface area contributed by atoms with Gasteiger partial charge in [-0.05, 0) is 89.9 Å². The topological polar surface area (TPSA) is 95.9 Å². The van der Waals surface area contributed by atoms with E-state index in [4.69, 9.17) is 4.74 Å². The molecule has 0 saturated carbocycles. The van der Waals surface area contributed by atoms with Crippen molar-refractivity contribution in [3.8, 4) is 0 Å². The summed E-state index contributed by atoms with van der Waals surface area (Å²) in [4.78, 5) is 24.6. The fourth-order valence-corrected chi connectivity index (χ4v) is 10.9. The fourth-order valence-electron chi connectivity index (χ4n) is 10.9. The molecule has 0 fully saturated rings. The number of carbonyl (C=O) groups excluding carboxylic acids is 2. The Labute approximate surface area is 493 Å². The van der Waals surface area contributed by atoms with Gasteiger partial charge in [0.1, 0.15) is 0 Å². The Kier molecular flexibility index (Phi) is 66.4. The van der Waals surface area contributed by atoms with Gasteiger partial charge in [0, 0.05) is 12.8 Å². The molecule has 79 heavy (non-hydrogen) atoms. The van der Waals surface area contributed by atoms with Gasteiger partial charge in [-0.2, -0.15) is 0 Å². The quantitative estimate of drug-likeness (QED) is 0.0320. The number of rotatable bonds is 66. The third kappa shape index (κ3) is 64.8. The number of carbonyl (C=O) groups is 2. The monoisotopic (exact) mass is 1110 g/mol. The Morgan fingerprint density at radius 1 is 0.354 bits per heavy atom. The number of hydrogen-bond donors (Lipinski definition) is 3. The maximum atomic E-state index is 12.5. The Morgan fingerprint density at radius 2 is 0.633 bits per heavy atom. The number of esters is 1. The zero-order valence-electron chi connectivity index (χ0n) is 53.1. The average molecular weight is 1110 g/mol. The first-order valence-electron chi connectivity index (χ1n) is 35.4. The predicted molar refractivity (Wildman–Crippen MR) is 347 cm³/mol. The number of ether oxygens (including phenoxy) is 1. The van der Waals surface area contributed by atoms with Crippen LogP contribution in [0.25, 0.3) is 0 Å². The van der Waals surface area contributed by atoms with E-state index >= 15 is 0 Å². The van der Waals surface area contributed by atoms with Gasteiger partial charge in [-0.25, -0.2) is 0 Å². The first-order chi connectivity index (χ1) is 39.0. The van der Waals surface area contributed by atoms with E-state index in [2.05, 4.69) is 55.6 Å². The SMILES string of the molecule is CCCCC/C=C\CCCCCCCC(=O)OCCCCCCCCCCC/C=C\C/C=C\CCCCCCCCCCCC(=O)NC(CO)C(O)/C=C/CCCCCCCCCCCCCCCCCCCCCCCCC. The summed E-state index contributed by atoms with van der Waals surface area (Å²) in [5.41, 5.74) is 0. The van der Waals surface area contributed by atoms with Crippen molar-refractivity contribution >= 4 is 11.9 Å². The number of aliphatic hydroxyl groups is 2. The van der Waals surface area contributed by atoms with Crippen molar-refractivity contribution in [1.29, 1.82) is 0 Å². The molecule has 1 amide bonds. The molecule has 0 aliphatic rings. The lowest BCUT2D eigenvalue weighted by atomic mass is 10.0. The molecule has 3 N–H and O–H groups in total. The number of nitrogens with one attached hydrogen (secondary N) is 1. The normalized spacial score (nSPS) is 12.8. The molecule has 6 nitrogen and oxygen atoms in total. The third-order valence-electron chi connectivity index (χ3n) is 16.3. The minimum Gasteiger partial charge on any atom is -0.466 e. The van der Waals surface area contributed by atoms with E-state index < -0.39 is 12.1 Å². The van der Waals surface area contributed by atoms with Crippen LogP contribution in [0.2, 0.25) is 0 Å². The van der Waals surface area contributed by atoms with Crippen molar-refractivity contribution in [3.05, 3.63) is 48.6 Å². The Bertz CT molecular complexity index is 1320. The zero-order valence-corrected chi connectivity index (χ0v) is 53.1. The van der Waals surface area contributed by atoms with E-state index in [9.17, 15) is 19.8 Å². The minimum absolute atomic E-state index is 0.00142. The summed E-state index contributed by atoms with van der Waals surface area (Å²) >= 11 is 0. The highest BCUT2D eigenvalue weighted by atomic mass is 16.5. The van der Waals surface area contributed by atoms with E-state index in [0.717, 1.165) is 51.4 Å². The van der Waals surface area contributed by atoms with Crippen LogP contribution >= 0.6 is 0 Å². The van der Waals surface area contributed by atoms with Crippen molar-refractivity contribution in [2.75, 3.05) is 13.2 Å². The number of aliphatic hydroxyl groups excluding tert-OH is 2. The molecule has 0 aromatic rings. The molecule has 0 spiro atoms. The van der Waals surface area contributed by atoms with Crippen LogP contribution in [0.5, 0.6) is 0 Å². The van der Waals surface area contributed by atoms with E-state index in [1.807, 2.05) is 6.08 Å². The number of allylic oxidation sites excluding steroid dienone is 7. The van der Waals surface area contributed by atoms with Gasteiger partial charge in [0.2, 0.25) is 5.91 Å². The van der Waals surface area contributed by atoms with Crippen molar-refractivity contribution in [2.45, 2.75) is 392 Å². The lowest BCUT2D eigenvalue weighted by Crippen LogP contribution is -2.45. The van der Waals surface area contributed by atoms with Gasteiger partial charge < -0.3 is 20.3 Å². The zero-order chi connectivity index (χ0) is 57.1. The second-order valence-corrected chi connectivity index (χ2v) is 24.2. The third-order valence-corrected chi connectivity index (χ3v) is 16.3. The highest BCUT2D eigenvalue weighted by molar-refractivity contribution is 5.76. The first-order valence-corrected chi connectivity index (χ1v) is 35.4. The molecule has 2 unspecified atom stereocenters. The largest absolute Gasteiger partial charge is 0.466 e. The molecule has 0 bridgehead atoms. The lowest BCUT2D eigenvalue weighted by Gasteiger charge is -2.20. The van der Waals surface area contributed by atoms with Gasteiger partial charge in [0.25, 0.3) is 0 Å². The first kappa shape index (κ1) is 76.8. The van der Waals surface area contributed by atoms with Crippen molar-refractivity contribution < 1.29 is 24.5 Å². The molecular weight excluding hydrogens is 971 g/mol. The highest BCUT2D eigenvalue weighted by Crippen LogP contribution is 2.18. The average Bonchev–Trinajstić information content (AvgIpc) is 3.45. The summed E-state index contributed by atoms with van der Waals surface area (Å²) < 4.78 is 5.47. The van der Waals surface area contributed by atoms with Crippen molar-refractivity contribution in [3.63, 3.8) is 0 Å². The molecule has 6 heteroatoms. The maximum absolute atomic E-state index is 12.5. The van der Waals surface area contributed by atoms with Crippen molar-refractivity contribution in [2.24, 2.45) is 0 Å². The summed E-state index contributed by atoms with van der Waals surface area (Å²) in [6, 6.07) is -0.635. The molecule has 0 radical (unpaired) electrons. The van der Waals surface area contributed by atoms with Gasteiger partial charge >= 0.3 is 5.97 Å². The highest BCUT2D eigenvalue weighted by Gasteiger charge is 2.18. The second-order valence-electron chi connectivity index (χ2n) is 24.2. The molecule has 0 aromatic carbocycles. The summed E-state index contributed by atoms with van der Waals surface area (Å²) in [6.45, 7) is 4.90. The Morgan fingerprint density at radius 3 is 1.00 bits per heavy atom. The van der Waals surface area contributed by atoms with Crippen LogP contribution in [-0.4, -0.2) is 47.4 Å². The smallest absolute Gasteiger partial charge is 0.305 e. The van der Waals surface area contributed by atoms with Gasteiger partial charge in [-0.15, -0.1) is 0 Å². The minimum atomic E-state index is -0.851.